The Morgan fingerprint density at radius 3 is 2.48 bits per heavy atom. The van der Waals surface area contributed by atoms with E-state index in [0.717, 1.165) is 17.9 Å². The molecule has 1 aromatic rings. The Balaban J connectivity index is 0.00000676. The molecule has 0 aliphatic heterocycles. The number of amides is 1. The largest absolute Gasteiger partial charge is 0.416 e. The molecule has 1 amide bonds. The third-order valence-electron chi connectivity index (χ3n) is 3.29. The second-order valence-electron chi connectivity index (χ2n) is 5.53. The van der Waals surface area contributed by atoms with Gasteiger partial charge in [-0.1, -0.05) is 6.07 Å². The van der Waals surface area contributed by atoms with Crippen LogP contribution in [0.5, 0.6) is 0 Å². The Morgan fingerprint density at radius 2 is 1.93 bits per heavy atom. The van der Waals surface area contributed by atoms with Crippen LogP contribution in [0.15, 0.2) is 23.2 Å². The molecule has 0 atom stereocenters. The zero-order valence-electron chi connectivity index (χ0n) is 15.2. The Labute approximate surface area is 177 Å². The number of hydrogen-bond acceptors (Lipinski definition) is 3. The molecule has 5 nitrogen and oxygen atoms in total. The number of carbonyl (C=O) groups is 1. The van der Waals surface area contributed by atoms with E-state index in [0.29, 0.717) is 12.6 Å². The molecule has 0 heterocycles. The molecule has 0 bridgehead atoms. The third kappa shape index (κ3) is 9.49. The number of hydrogen-bond donors (Lipinski definition) is 2. The fraction of sp³-hybridized carbons (Fsp3) is 0.500. The van der Waals surface area contributed by atoms with Gasteiger partial charge in [-0.3, -0.25) is 4.79 Å². The maximum atomic E-state index is 13.2. The molecule has 0 aromatic heterocycles. The fourth-order valence-corrected chi connectivity index (χ4v) is 2.18. The van der Waals surface area contributed by atoms with Gasteiger partial charge in [0.15, 0.2) is 5.96 Å². The van der Waals surface area contributed by atoms with Crippen LogP contribution in [0.2, 0.25) is 0 Å². The van der Waals surface area contributed by atoms with Gasteiger partial charge in [-0.25, -0.2) is 9.38 Å². The zero-order valence-corrected chi connectivity index (χ0v) is 18.3. The molecular weight excluding hydrogens is 499 g/mol. The molecule has 0 aliphatic rings. The molecule has 11 heteroatoms. The van der Waals surface area contributed by atoms with Crippen molar-refractivity contribution in [3.8, 4) is 0 Å². The van der Waals surface area contributed by atoms with Crippen molar-refractivity contribution in [3.05, 3.63) is 35.1 Å². The summed E-state index contributed by atoms with van der Waals surface area (Å²) in [4.78, 5) is 17.1. The van der Waals surface area contributed by atoms with Crippen molar-refractivity contribution >= 4 is 47.6 Å². The summed E-state index contributed by atoms with van der Waals surface area (Å²) in [5, 5.41) is 5.73. The first-order valence-electron chi connectivity index (χ1n) is 7.72. The summed E-state index contributed by atoms with van der Waals surface area (Å²) < 4.78 is 52.3. The average molecular weight is 522 g/mol. The summed E-state index contributed by atoms with van der Waals surface area (Å²) in [7, 11) is 3.19. The zero-order chi connectivity index (χ0) is 19.7. The highest BCUT2D eigenvalue weighted by Crippen LogP contribution is 2.32. The lowest BCUT2D eigenvalue weighted by Crippen LogP contribution is -2.43. The second-order valence-corrected chi connectivity index (χ2v) is 6.51. The van der Waals surface area contributed by atoms with Crippen molar-refractivity contribution in [2.75, 3.05) is 39.2 Å². The van der Waals surface area contributed by atoms with Gasteiger partial charge in [-0.05, 0) is 24.0 Å². The van der Waals surface area contributed by atoms with Crippen molar-refractivity contribution in [1.82, 2.24) is 15.5 Å². The lowest BCUT2D eigenvalue weighted by molar-refractivity contribution is -0.138. The van der Waals surface area contributed by atoms with Crippen molar-refractivity contribution in [1.29, 1.82) is 0 Å². The average Bonchev–Trinajstić information content (AvgIpc) is 2.56. The van der Waals surface area contributed by atoms with Crippen LogP contribution in [0.4, 0.5) is 17.6 Å². The van der Waals surface area contributed by atoms with Crippen LogP contribution < -0.4 is 10.6 Å². The highest BCUT2D eigenvalue weighted by atomic mass is 127. The first-order valence-corrected chi connectivity index (χ1v) is 9.11. The number of halogens is 5. The topological polar surface area (TPSA) is 56.7 Å². The number of likely N-dealkylation sites (N-methyl/N-ethyl adjacent to an activating group) is 1. The van der Waals surface area contributed by atoms with Crippen LogP contribution in [0.1, 0.15) is 11.1 Å². The second kappa shape index (κ2) is 12.3. The van der Waals surface area contributed by atoms with E-state index < -0.39 is 17.6 Å². The first kappa shape index (κ1) is 25.8. The van der Waals surface area contributed by atoms with E-state index >= 15 is 0 Å². The van der Waals surface area contributed by atoms with E-state index in [1.807, 2.05) is 6.26 Å². The maximum Gasteiger partial charge on any atom is 0.416 e. The quantitative estimate of drug-likeness (QED) is 0.190. The molecule has 0 fully saturated rings. The minimum Gasteiger partial charge on any atom is -0.356 e. The molecule has 154 valence electrons. The lowest BCUT2D eigenvalue weighted by Gasteiger charge is -2.16. The van der Waals surface area contributed by atoms with E-state index in [1.165, 1.54) is 4.90 Å². The van der Waals surface area contributed by atoms with Crippen LogP contribution in [0, 0.1) is 5.82 Å². The van der Waals surface area contributed by atoms with Crippen molar-refractivity contribution < 1.29 is 22.4 Å². The summed E-state index contributed by atoms with van der Waals surface area (Å²) in [6, 6.07) is 2.48. The van der Waals surface area contributed by atoms with E-state index in [4.69, 9.17) is 0 Å². The van der Waals surface area contributed by atoms with Gasteiger partial charge >= 0.3 is 6.18 Å². The Bertz CT molecular complexity index is 641. The minimum absolute atomic E-state index is 0. The number of carbonyl (C=O) groups excluding carboxylic acids is 1. The van der Waals surface area contributed by atoms with Crippen LogP contribution in [-0.4, -0.2) is 56.0 Å². The molecule has 0 aliphatic carbocycles. The number of rotatable bonds is 7. The van der Waals surface area contributed by atoms with Gasteiger partial charge in [0.25, 0.3) is 0 Å². The summed E-state index contributed by atoms with van der Waals surface area (Å²) in [5.74, 6) is -0.195. The monoisotopic (exact) mass is 522 g/mol. The van der Waals surface area contributed by atoms with Crippen molar-refractivity contribution in [3.63, 3.8) is 0 Å². The van der Waals surface area contributed by atoms with Gasteiger partial charge in [-0.15, -0.1) is 24.0 Å². The fourth-order valence-electron chi connectivity index (χ4n) is 1.88. The Hall–Kier alpha value is -1.24. The molecule has 0 saturated carbocycles. The molecule has 0 unspecified atom stereocenters. The normalized spacial score (nSPS) is 11.6. The number of aliphatic imine (C=N–C) groups is 1. The van der Waals surface area contributed by atoms with Gasteiger partial charge < -0.3 is 15.5 Å². The van der Waals surface area contributed by atoms with E-state index in [9.17, 15) is 22.4 Å². The number of benzene rings is 1. The molecule has 1 rings (SSSR count). The Morgan fingerprint density at radius 1 is 1.26 bits per heavy atom. The SMILES string of the molecule is CSCCNC(=NCc1ccc(F)cc1C(F)(F)F)NCC(=O)N(C)C.I. The highest BCUT2D eigenvalue weighted by Gasteiger charge is 2.33. The molecule has 1 aromatic carbocycles. The highest BCUT2D eigenvalue weighted by molar-refractivity contribution is 14.0. The standard InChI is InChI=1S/C16H22F4N4OS.HI/c1-24(2)14(25)10-23-15(21-6-7-26-3)22-9-11-4-5-12(17)8-13(11)16(18,19)20;/h4-5,8H,6-7,9-10H2,1-3H3,(H2,21,22,23);1H. The number of guanidine groups is 1. The van der Waals surface area contributed by atoms with Crippen LogP contribution in [-0.2, 0) is 17.5 Å². The van der Waals surface area contributed by atoms with Crippen molar-refractivity contribution in [2.45, 2.75) is 12.7 Å². The van der Waals surface area contributed by atoms with Gasteiger partial charge in [0.2, 0.25) is 5.91 Å². The van der Waals surface area contributed by atoms with E-state index in [-0.39, 0.29) is 54.5 Å². The molecule has 0 radical (unpaired) electrons. The molecular formula is C16H23F4IN4OS. The first-order chi connectivity index (χ1) is 12.1. The van der Waals surface area contributed by atoms with Crippen LogP contribution >= 0.6 is 35.7 Å². The third-order valence-corrected chi connectivity index (χ3v) is 3.90. The summed E-state index contributed by atoms with van der Waals surface area (Å²) in [6.45, 7) is 0.173. The predicted molar refractivity (Wildman–Crippen MR) is 111 cm³/mol. The number of nitrogens with zero attached hydrogens (tertiary/aromatic N) is 2. The van der Waals surface area contributed by atoms with E-state index in [1.54, 1.807) is 25.9 Å². The van der Waals surface area contributed by atoms with E-state index in [2.05, 4.69) is 15.6 Å². The minimum atomic E-state index is -4.67. The smallest absolute Gasteiger partial charge is 0.356 e. The van der Waals surface area contributed by atoms with Gasteiger partial charge in [0, 0.05) is 26.4 Å². The number of alkyl halides is 3. The molecule has 2 N–H and O–H groups in total. The van der Waals surface area contributed by atoms with Gasteiger partial charge in [0.05, 0.1) is 18.7 Å². The molecule has 0 spiro atoms. The maximum absolute atomic E-state index is 13.2. The van der Waals surface area contributed by atoms with Crippen LogP contribution in [0.3, 0.4) is 0 Å². The van der Waals surface area contributed by atoms with Crippen LogP contribution in [0.25, 0.3) is 0 Å². The summed E-state index contributed by atoms with van der Waals surface area (Å²) in [6.07, 6.45) is -2.76. The summed E-state index contributed by atoms with van der Waals surface area (Å²) >= 11 is 1.58. The number of nitrogens with one attached hydrogen (secondary N) is 2. The molecule has 0 saturated heterocycles. The lowest BCUT2D eigenvalue weighted by atomic mass is 10.1. The number of thioether (sulfide) groups is 1. The van der Waals surface area contributed by atoms with Gasteiger partial charge in [-0.2, -0.15) is 24.9 Å². The van der Waals surface area contributed by atoms with Crippen molar-refractivity contribution in [2.24, 2.45) is 4.99 Å². The molecule has 27 heavy (non-hydrogen) atoms. The predicted octanol–water partition coefficient (Wildman–Crippen LogP) is 2.95. The Kier molecular flexibility index (Phi) is 11.7. The summed E-state index contributed by atoms with van der Waals surface area (Å²) in [5.41, 5.74) is -1.21. The van der Waals surface area contributed by atoms with Gasteiger partial charge in [0.1, 0.15) is 5.82 Å².